The number of nitrogens with zero attached hydrogens (tertiary/aromatic N) is 3. The van der Waals surface area contributed by atoms with Crippen molar-refractivity contribution in [3.05, 3.63) is 65.5 Å². The Hall–Kier alpha value is -3.50. The Kier molecular flexibility index (Phi) is 7.09. The van der Waals surface area contributed by atoms with Crippen molar-refractivity contribution in [2.75, 3.05) is 13.7 Å². The molecule has 9 nitrogen and oxygen atoms in total. The number of thiazole rings is 1. The number of benzene rings is 1. The van der Waals surface area contributed by atoms with E-state index in [1.54, 1.807) is 11.3 Å². The molecule has 2 N–H and O–H groups in total. The average Bonchev–Trinajstić information content (AvgIpc) is 3.58. The third-order valence-corrected chi connectivity index (χ3v) is 6.79. The fourth-order valence-electron chi connectivity index (χ4n) is 4.00. The minimum absolute atomic E-state index is 0.0510. The first kappa shape index (κ1) is 23.7. The molecule has 178 valence electrons. The van der Waals surface area contributed by atoms with Crippen LogP contribution in [0.5, 0.6) is 5.88 Å². The zero-order chi connectivity index (χ0) is 24.2. The molecule has 1 fully saturated rings. The highest BCUT2D eigenvalue weighted by molar-refractivity contribution is 7.13. The summed E-state index contributed by atoms with van der Waals surface area (Å²) >= 11 is 1.59. The van der Waals surface area contributed by atoms with Crippen LogP contribution in [0.1, 0.15) is 29.4 Å². The third-order valence-electron chi connectivity index (χ3n) is 5.82. The van der Waals surface area contributed by atoms with E-state index in [-0.39, 0.29) is 30.5 Å². The van der Waals surface area contributed by atoms with Crippen molar-refractivity contribution in [3.63, 3.8) is 0 Å². The van der Waals surface area contributed by atoms with E-state index >= 15 is 0 Å². The highest BCUT2D eigenvalue weighted by Crippen LogP contribution is 2.29. The number of aryl methyl sites for hydroxylation is 1. The van der Waals surface area contributed by atoms with Crippen LogP contribution in [-0.2, 0) is 16.1 Å². The topological polar surface area (TPSA) is 118 Å². The van der Waals surface area contributed by atoms with Crippen molar-refractivity contribution in [2.24, 2.45) is 0 Å². The van der Waals surface area contributed by atoms with Gasteiger partial charge in [0.2, 0.25) is 11.8 Å². The van der Waals surface area contributed by atoms with Gasteiger partial charge in [-0.3, -0.25) is 9.59 Å². The Morgan fingerprint density at radius 2 is 2.18 bits per heavy atom. The lowest BCUT2D eigenvalue weighted by molar-refractivity contribution is -0.139. The van der Waals surface area contributed by atoms with E-state index in [0.717, 1.165) is 21.7 Å². The minimum Gasteiger partial charge on any atom is -0.479 e. The zero-order valence-corrected chi connectivity index (χ0v) is 19.7. The Bertz CT molecular complexity index is 1170. The van der Waals surface area contributed by atoms with Crippen LogP contribution in [0, 0.1) is 6.92 Å². The van der Waals surface area contributed by atoms with Gasteiger partial charge < -0.3 is 24.6 Å². The highest BCUT2D eigenvalue weighted by atomic mass is 32.1. The van der Waals surface area contributed by atoms with Gasteiger partial charge in [0.25, 0.3) is 5.88 Å². The smallest absolute Gasteiger partial charge is 0.254 e. The second kappa shape index (κ2) is 10.2. The molecule has 2 amide bonds. The second-order valence-corrected chi connectivity index (χ2v) is 8.92. The first-order valence-electron chi connectivity index (χ1n) is 10.8. The molecule has 0 bridgehead atoms. The van der Waals surface area contributed by atoms with Gasteiger partial charge in [-0.15, -0.1) is 17.9 Å². The van der Waals surface area contributed by atoms with Gasteiger partial charge in [0, 0.05) is 25.6 Å². The molecule has 4 rings (SSSR count). The molecule has 1 aliphatic heterocycles. The van der Waals surface area contributed by atoms with E-state index in [9.17, 15) is 14.7 Å². The Labute approximate surface area is 201 Å². The van der Waals surface area contributed by atoms with Crippen LogP contribution >= 0.6 is 11.3 Å². The number of likely N-dealkylation sites (tertiary alicyclic amines) is 1. The summed E-state index contributed by atoms with van der Waals surface area (Å²) in [5, 5.41) is 16.8. The number of nitrogens with one attached hydrogen (secondary N) is 1. The largest absolute Gasteiger partial charge is 0.479 e. The van der Waals surface area contributed by atoms with Gasteiger partial charge in [-0.2, -0.15) is 0 Å². The van der Waals surface area contributed by atoms with Crippen LogP contribution in [0.15, 0.2) is 53.0 Å². The standard InChI is InChI=1S/C24H26N4O5S/c1-4-18(20-10-21(32-3)27-33-20)24(31)28-12-17(29)9-19(28)23(30)25-11-15-5-7-16(8-6-15)22-14(2)26-13-34-22/h4-8,10,13,17-19,29H,1,9,11-12H2,2-3H3,(H,25,30)/t17-,18?,19+/m1/s1. The summed E-state index contributed by atoms with van der Waals surface area (Å²) in [7, 11) is 1.44. The van der Waals surface area contributed by atoms with Crippen LogP contribution in [0.4, 0.5) is 0 Å². The lowest BCUT2D eigenvalue weighted by Crippen LogP contribution is -2.47. The van der Waals surface area contributed by atoms with Crippen molar-refractivity contribution in [2.45, 2.75) is 38.0 Å². The minimum atomic E-state index is -0.847. The molecule has 1 aliphatic rings. The molecule has 10 heteroatoms. The first-order chi connectivity index (χ1) is 16.4. The van der Waals surface area contributed by atoms with E-state index in [2.05, 4.69) is 22.0 Å². The number of ether oxygens (including phenoxy) is 1. The third kappa shape index (κ3) is 4.87. The summed E-state index contributed by atoms with van der Waals surface area (Å²) in [6.07, 6.45) is 0.787. The molecule has 3 atom stereocenters. The lowest BCUT2D eigenvalue weighted by Gasteiger charge is -2.26. The number of aliphatic hydroxyl groups is 1. The maximum absolute atomic E-state index is 13.2. The quantitative estimate of drug-likeness (QED) is 0.474. The predicted molar refractivity (Wildman–Crippen MR) is 126 cm³/mol. The summed E-state index contributed by atoms with van der Waals surface area (Å²) < 4.78 is 10.2. The van der Waals surface area contributed by atoms with E-state index in [0.29, 0.717) is 6.54 Å². The number of β-amino-alcohol motifs (C(OH)–C–C–N with tert-alkyl or cyclic N) is 1. The van der Waals surface area contributed by atoms with Gasteiger partial charge in [-0.05, 0) is 23.2 Å². The molecule has 0 spiro atoms. The normalized spacial score (nSPS) is 18.5. The van der Waals surface area contributed by atoms with E-state index in [1.165, 1.54) is 24.2 Å². The average molecular weight is 483 g/mol. The molecule has 3 aromatic rings. The van der Waals surface area contributed by atoms with Gasteiger partial charge in [-0.25, -0.2) is 4.98 Å². The molecule has 0 aliphatic carbocycles. The van der Waals surface area contributed by atoms with Crippen LogP contribution in [-0.4, -0.2) is 57.8 Å². The summed E-state index contributed by atoms with van der Waals surface area (Å²) in [6.45, 7) is 6.05. The van der Waals surface area contributed by atoms with Crippen molar-refractivity contribution < 1.29 is 24.0 Å². The molecule has 34 heavy (non-hydrogen) atoms. The van der Waals surface area contributed by atoms with Crippen molar-refractivity contribution in [3.8, 4) is 16.3 Å². The number of amides is 2. The van der Waals surface area contributed by atoms with Gasteiger partial charge >= 0.3 is 0 Å². The fourth-order valence-corrected chi connectivity index (χ4v) is 4.81. The number of carbonyl (C=O) groups excluding carboxylic acids is 2. The Morgan fingerprint density at radius 1 is 1.41 bits per heavy atom. The van der Waals surface area contributed by atoms with E-state index in [4.69, 9.17) is 9.26 Å². The summed E-state index contributed by atoms with van der Waals surface area (Å²) in [5.74, 6) is -1.07. The number of rotatable bonds is 8. The monoisotopic (exact) mass is 482 g/mol. The molecule has 3 heterocycles. The number of hydrogen-bond acceptors (Lipinski definition) is 8. The predicted octanol–water partition coefficient (Wildman–Crippen LogP) is 2.66. The van der Waals surface area contributed by atoms with Gasteiger partial charge in [0.15, 0.2) is 5.76 Å². The molecule has 0 saturated carbocycles. The molecular weight excluding hydrogens is 456 g/mol. The summed E-state index contributed by atoms with van der Waals surface area (Å²) in [6, 6.07) is 8.60. The lowest BCUT2D eigenvalue weighted by atomic mass is 10.0. The molecule has 1 aromatic carbocycles. The van der Waals surface area contributed by atoms with Crippen LogP contribution in [0.25, 0.3) is 10.4 Å². The Morgan fingerprint density at radius 3 is 2.79 bits per heavy atom. The number of hydrogen-bond donors (Lipinski definition) is 2. The van der Waals surface area contributed by atoms with Gasteiger partial charge in [0.05, 0.1) is 29.3 Å². The molecular formula is C24H26N4O5S. The molecule has 1 saturated heterocycles. The first-order valence-corrected chi connectivity index (χ1v) is 11.7. The summed E-state index contributed by atoms with van der Waals surface area (Å²) in [4.78, 5) is 33.0. The van der Waals surface area contributed by atoms with Gasteiger partial charge in [-0.1, -0.05) is 30.3 Å². The molecule has 0 radical (unpaired) electrons. The highest BCUT2D eigenvalue weighted by Gasteiger charge is 2.41. The summed E-state index contributed by atoms with van der Waals surface area (Å²) in [5.41, 5.74) is 4.80. The fraction of sp³-hybridized carbons (Fsp3) is 0.333. The van der Waals surface area contributed by atoms with Crippen molar-refractivity contribution >= 4 is 23.2 Å². The second-order valence-electron chi connectivity index (χ2n) is 8.06. The molecule has 1 unspecified atom stereocenters. The SMILES string of the molecule is C=CC(C(=O)N1C[C@H](O)C[C@H]1C(=O)NCc1ccc(-c2scnc2C)cc1)c1cc(OC)no1. The van der Waals surface area contributed by atoms with Gasteiger partial charge in [0.1, 0.15) is 12.0 Å². The maximum atomic E-state index is 13.2. The van der Waals surface area contributed by atoms with E-state index in [1.807, 2.05) is 36.7 Å². The number of aromatic nitrogens is 2. The number of aliphatic hydroxyl groups excluding tert-OH is 1. The maximum Gasteiger partial charge on any atom is 0.254 e. The van der Waals surface area contributed by atoms with Crippen molar-refractivity contribution in [1.29, 1.82) is 0 Å². The van der Waals surface area contributed by atoms with Crippen LogP contribution < -0.4 is 10.1 Å². The number of methoxy groups -OCH3 is 1. The zero-order valence-electron chi connectivity index (χ0n) is 18.9. The molecule has 2 aromatic heterocycles. The van der Waals surface area contributed by atoms with Crippen LogP contribution in [0.3, 0.4) is 0 Å². The van der Waals surface area contributed by atoms with Crippen molar-refractivity contribution in [1.82, 2.24) is 20.4 Å². The van der Waals surface area contributed by atoms with E-state index < -0.39 is 24.0 Å². The Balaban J connectivity index is 1.41. The number of carbonyl (C=O) groups is 2. The van der Waals surface area contributed by atoms with Crippen LogP contribution in [0.2, 0.25) is 0 Å².